The average molecular weight is 460 g/mol. The molecule has 1 fully saturated rings. The summed E-state index contributed by atoms with van der Waals surface area (Å²) in [7, 11) is -3.88. The molecular weight excluding hydrogens is 430 g/mol. The number of piperazine rings is 1. The highest BCUT2D eigenvalue weighted by Crippen LogP contribution is 2.20. The Morgan fingerprint density at radius 1 is 0.938 bits per heavy atom. The first-order chi connectivity index (χ1) is 15.3. The molecule has 0 bridgehead atoms. The minimum atomic E-state index is -3.88. The van der Waals surface area contributed by atoms with Crippen LogP contribution in [0.3, 0.4) is 0 Å². The van der Waals surface area contributed by atoms with Gasteiger partial charge in [-0.3, -0.25) is 4.79 Å². The van der Waals surface area contributed by atoms with E-state index in [4.69, 9.17) is 4.74 Å². The van der Waals surface area contributed by atoms with Crippen molar-refractivity contribution in [1.82, 2.24) is 14.1 Å². The van der Waals surface area contributed by atoms with E-state index in [0.717, 1.165) is 11.1 Å². The lowest BCUT2D eigenvalue weighted by molar-refractivity contribution is -0.133. The lowest BCUT2D eigenvalue weighted by Gasteiger charge is -2.35. The molecule has 0 unspecified atom stereocenters. The van der Waals surface area contributed by atoms with E-state index in [2.05, 4.69) is 0 Å². The molecule has 1 heterocycles. The molecule has 8 nitrogen and oxygen atoms in total. The molecule has 1 saturated heterocycles. The number of carbonyl (C=O) groups excluding carboxylic acids is 2. The van der Waals surface area contributed by atoms with Gasteiger partial charge in [0.2, 0.25) is 15.9 Å². The van der Waals surface area contributed by atoms with Crippen LogP contribution in [-0.4, -0.2) is 73.9 Å². The number of amides is 2. The van der Waals surface area contributed by atoms with Crippen LogP contribution in [0.4, 0.5) is 4.79 Å². The third-order valence-corrected chi connectivity index (χ3v) is 7.14. The van der Waals surface area contributed by atoms with Crippen molar-refractivity contribution in [2.24, 2.45) is 0 Å². The second kappa shape index (κ2) is 10.6. The topological polar surface area (TPSA) is 87.2 Å². The SMILES string of the molecule is CCOC(=O)N1CCN(C(=O)CN(Cc2ccccc2)S(=O)(=O)c2ccc(C)cc2)CC1. The number of rotatable bonds is 7. The van der Waals surface area contributed by atoms with E-state index in [1.165, 1.54) is 4.31 Å². The smallest absolute Gasteiger partial charge is 0.409 e. The fourth-order valence-electron chi connectivity index (χ4n) is 3.48. The Bertz CT molecular complexity index is 1020. The molecule has 2 aromatic carbocycles. The average Bonchev–Trinajstić information content (AvgIpc) is 2.80. The highest BCUT2D eigenvalue weighted by atomic mass is 32.2. The summed E-state index contributed by atoms with van der Waals surface area (Å²) in [6.45, 7) is 5.12. The quantitative estimate of drug-likeness (QED) is 0.635. The summed E-state index contributed by atoms with van der Waals surface area (Å²) in [5, 5.41) is 0. The van der Waals surface area contributed by atoms with Crippen molar-refractivity contribution < 1.29 is 22.7 Å². The fourth-order valence-corrected chi connectivity index (χ4v) is 4.85. The number of sulfonamides is 1. The zero-order valence-electron chi connectivity index (χ0n) is 18.4. The van der Waals surface area contributed by atoms with Crippen molar-refractivity contribution in [3.05, 3.63) is 65.7 Å². The Labute approximate surface area is 189 Å². The maximum atomic E-state index is 13.4. The Balaban J connectivity index is 1.75. The standard InChI is InChI=1S/C23H29N3O5S/c1-3-31-23(28)25-15-13-24(14-16-25)22(27)18-26(17-20-7-5-4-6-8-20)32(29,30)21-11-9-19(2)10-12-21/h4-12H,3,13-18H2,1-2H3. The number of hydrogen-bond donors (Lipinski definition) is 0. The van der Waals surface area contributed by atoms with Gasteiger partial charge in [0.05, 0.1) is 18.0 Å². The number of aryl methyl sites for hydroxylation is 1. The van der Waals surface area contributed by atoms with Crippen molar-refractivity contribution in [1.29, 1.82) is 0 Å². The molecule has 172 valence electrons. The van der Waals surface area contributed by atoms with Crippen LogP contribution < -0.4 is 0 Å². The first kappa shape index (κ1) is 23.7. The maximum Gasteiger partial charge on any atom is 0.409 e. The second-order valence-electron chi connectivity index (χ2n) is 7.64. The summed E-state index contributed by atoms with van der Waals surface area (Å²) in [6, 6.07) is 15.8. The molecule has 0 saturated carbocycles. The summed E-state index contributed by atoms with van der Waals surface area (Å²) in [6.07, 6.45) is -0.396. The van der Waals surface area contributed by atoms with Gasteiger partial charge in [0.15, 0.2) is 0 Å². The summed E-state index contributed by atoms with van der Waals surface area (Å²) >= 11 is 0. The molecule has 0 aromatic heterocycles. The Kier molecular flexibility index (Phi) is 7.87. The Morgan fingerprint density at radius 3 is 2.12 bits per heavy atom. The van der Waals surface area contributed by atoms with Crippen molar-refractivity contribution in [3.8, 4) is 0 Å². The molecule has 9 heteroatoms. The van der Waals surface area contributed by atoms with Crippen LogP contribution in [0, 0.1) is 6.92 Å². The van der Waals surface area contributed by atoms with Gasteiger partial charge in [-0.15, -0.1) is 0 Å². The van der Waals surface area contributed by atoms with Crippen molar-refractivity contribution in [3.63, 3.8) is 0 Å². The van der Waals surface area contributed by atoms with Crippen LogP contribution in [0.5, 0.6) is 0 Å². The highest BCUT2D eigenvalue weighted by Gasteiger charge is 2.31. The molecule has 2 amide bonds. The van der Waals surface area contributed by atoms with Crippen LogP contribution >= 0.6 is 0 Å². The van der Waals surface area contributed by atoms with E-state index < -0.39 is 16.1 Å². The zero-order valence-corrected chi connectivity index (χ0v) is 19.3. The van der Waals surface area contributed by atoms with E-state index in [-0.39, 0.29) is 23.9 Å². The molecule has 3 rings (SSSR count). The predicted octanol–water partition coefficient (Wildman–Crippen LogP) is 2.49. The van der Waals surface area contributed by atoms with E-state index in [0.29, 0.717) is 32.8 Å². The lowest BCUT2D eigenvalue weighted by Crippen LogP contribution is -2.53. The lowest BCUT2D eigenvalue weighted by atomic mass is 10.2. The third kappa shape index (κ3) is 5.86. The normalized spacial score (nSPS) is 14.5. The van der Waals surface area contributed by atoms with Crippen LogP contribution in [0.2, 0.25) is 0 Å². The molecule has 0 N–H and O–H groups in total. The van der Waals surface area contributed by atoms with Gasteiger partial charge in [-0.25, -0.2) is 13.2 Å². The molecule has 0 atom stereocenters. The molecule has 1 aliphatic rings. The minimum Gasteiger partial charge on any atom is -0.450 e. The number of hydrogen-bond acceptors (Lipinski definition) is 5. The van der Waals surface area contributed by atoms with Crippen LogP contribution in [0.25, 0.3) is 0 Å². The number of carbonyl (C=O) groups is 2. The summed E-state index contributed by atoms with van der Waals surface area (Å²) in [5.41, 5.74) is 1.75. The van der Waals surface area contributed by atoms with E-state index in [1.54, 1.807) is 41.0 Å². The minimum absolute atomic E-state index is 0.0889. The van der Waals surface area contributed by atoms with E-state index >= 15 is 0 Å². The molecule has 1 aliphatic heterocycles. The van der Waals surface area contributed by atoms with Crippen LogP contribution in [0.15, 0.2) is 59.5 Å². The number of nitrogens with zero attached hydrogens (tertiary/aromatic N) is 3. The Morgan fingerprint density at radius 2 is 1.53 bits per heavy atom. The molecule has 0 radical (unpaired) electrons. The fraction of sp³-hybridized carbons (Fsp3) is 0.391. The van der Waals surface area contributed by atoms with E-state index in [9.17, 15) is 18.0 Å². The summed E-state index contributed by atoms with van der Waals surface area (Å²) in [5.74, 6) is -0.292. The second-order valence-corrected chi connectivity index (χ2v) is 9.58. The number of ether oxygens (including phenoxy) is 1. The van der Waals surface area contributed by atoms with Crippen LogP contribution in [-0.2, 0) is 26.1 Å². The molecule has 2 aromatic rings. The van der Waals surface area contributed by atoms with Crippen molar-refractivity contribution >= 4 is 22.0 Å². The van der Waals surface area contributed by atoms with E-state index in [1.807, 2.05) is 37.3 Å². The Hall–Kier alpha value is -2.91. The predicted molar refractivity (Wildman–Crippen MR) is 120 cm³/mol. The molecule has 32 heavy (non-hydrogen) atoms. The van der Waals surface area contributed by atoms with Gasteiger partial charge in [0.25, 0.3) is 0 Å². The summed E-state index contributed by atoms with van der Waals surface area (Å²) in [4.78, 5) is 28.2. The van der Waals surface area contributed by atoms with Gasteiger partial charge in [0, 0.05) is 32.7 Å². The molecule has 0 spiro atoms. The molecular formula is C23H29N3O5S. The van der Waals surface area contributed by atoms with Gasteiger partial charge in [0.1, 0.15) is 0 Å². The van der Waals surface area contributed by atoms with Gasteiger partial charge < -0.3 is 14.5 Å². The summed E-state index contributed by atoms with van der Waals surface area (Å²) < 4.78 is 33.0. The maximum absolute atomic E-state index is 13.4. The van der Waals surface area contributed by atoms with Crippen molar-refractivity contribution in [2.45, 2.75) is 25.3 Å². The molecule has 0 aliphatic carbocycles. The van der Waals surface area contributed by atoms with Gasteiger partial charge >= 0.3 is 6.09 Å². The van der Waals surface area contributed by atoms with Gasteiger partial charge in [-0.1, -0.05) is 48.0 Å². The first-order valence-corrected chi connectivity index (χ1v) is 12.1. The van der Waals surface area contributed by atoms with Crippen molar-refractivity contribution in [2.75, 3.05) is 39.3 Å². The van der Waals surface area contributed by atoms with Gasteiger partial charge in [-0.05, 0) is 31.5 Å². The largest absolute Gasteiger partial charge is 0.450 e. The zero-order chi connectivity index (χ0) is 23.1. The van der Waals surface area contributed by atoms with Crippen LogP contribution in [0.1, 0.15) is 18.1 Å². The highest BCUT2D eigenvalue weighted by molar-refractivity contribution is 7.89. The van der Waals surface area contributed by atoms with Gasteiger partial charge in [-0.2, -0.15) is 4.31 Å². The third-order valence-electron chi connectivity index (χ3n) is 5.33. The monoisotopic (exact) mass is 459 g/mol. The first-order valence-electron chi connectivity index (χ1n) is 10.6. The number of benzene rings is 2.